The van der Waals surface area contributed by atoms with E-state index in [9.17, 15) is 4.79 Å². The number of amides is 1. The van der Waals surface area contributed by atoms with Crippen LogP contribution < -0.4 is 20.1 Å². The van der Waals surface area contributed by atoms with Crippen molar-refractivity contribution >= 4 is 6.09 Å². The first-order valence-corrected chi connectivity index (χ1v) is 6.09. The summed E-state index contributed by atoms with van der Waals surface area (Å²) in [7, 11) is 3.25. The molecule has 1 saturated heterocycles. The highest BCUT2D eigenvalue weighted by atomic mass is 16.6. The minimum absolute atomic E-state index is 0.114. The number of carbonyl (C=O) groups excluding carboxylic acids is 1. The van der Waals surface area contributed by atoms with Crippen LogP contribution in [-0.4, -0.2) is 39.5 Å². The lowest BCUT2D eigenvalue weighted by Crippen LogP contribution is -2.29. The second-order valence-electron chi connectivity index (χ2n) is 4.22. The highest BCUT2D eigenvalue weighted by Gasteiger charge is 2.21. The molecular formula is C13H18N2O4. The monoisotopic (exact) mass is 266 g/mol. The normalized spacial score (nSPS) is 17.8. The molecule has 0 aliphatic carbocycles. The molecule has 19 heavy (non-hydrogen) atoms. The Bertz CT molecular complexity index is 450. The molecule has 104 valence electrons. The maximum absolute atomic E-state index is 10.9. The van der Waals surface area contributed by atoms with E-state index in [0.717, 1.165) is 17.1 Å². The van der Waals surface area contributed by atoms with Crippen LogP contribution >= 0.6 is 0 Å². The van der Waals surface area contributed by atoms with Crippen molar-refractivity contribution in [1.82, 2.24) is 10.6 Å². The van der Waals surface area contributed by atoms with Gasteiger partial charge in [0.25, 0.3) is 0 Å². The van der Waals surface area contributed by atoms with Gasteiger partial charge in [-0.05, 0) is 6.07 Å². The van der Waals surface area contributed by atoms with Gasteiger partial charge < -0.3 is 24.8 Å². The van der Waals surface area contributed by atoms with Gasteiger partial charge in [0.1, 0.15) is 17.6 Å². The lowest BCUT2D eigenvalue weighted by Gasteiger charge is -2.13. The molecule has 1 aromatic rings. The van der Waals surface area contributed by atoms with Crippen LogP contribution in [0.4, 0.5) is 4.79 Å². The molecule has 2 N–H and O–H groups in total. The molecule has 1 atom stereocenters. The van der Waals surface area contributed by atoms with E-state index in [0.29, 0.717) is 19.6 Å². The van der Waals surface area contributed by atoms with Gasteiger partial charge in [-0.3, -0.25) is 0 Å². The van der Waals surface area contributed by atoms with Gasteiger partial charge in [0.2, 0.25) is 0 Å². The molecule has 1 heterocycles. The summed E-state index contributed by atoms with van der Waals surface area (Å²) in [6.45, 7) is 1.79. The van der Waals surface area contributed by atoms with Gasteiger partial charge in [-0.1, -0.05) is 6.07 Å². The second kappa shape index (κ2) is 6.29. The maximum Gasteiger partial charge on any atom is 0.407 e. The first-order valence-electron chi connectivity index (χ1n) is 6.09. The third-order valence-corrected chi connectivity index (χ3v) is 2.93. The summed E-state index contributed by atoms with van der Waals surface area (Å²) < 4.78 is 15.5. The molecule has 0 saturated carbocycles. The Morgan fingerprint density at radius 2 is 2.26 bits per heavy atom. The Morgan fingerprint density at radius 3 is 2.89 bits per heavy atom. The number of hydrogen-bond donors (Lipinski definition) is 2. The molecule has 6 heteroatoms. The minimum atomic E-state index is -0.353. The number of cyclic esters (lactones) is 1. The topological polar surface area (TPSA) is 68.8 Å². The number of alkyl carbamates (subject to hydrolysis) is 1. The van der Waals surface area contributed by atoms with E-state index < -0.39 is 0 Å². The van der Waals surface area contributed by atoms with Gasteiger partial charge in [0.05, 0.1) is 20.8 Å². The lowest BCUT2D eigenvalue weighted by molar-refractivity contribution is 0.139. The van der Waals surface area contributed by atoms with E-state index in [-0.39, 0.29) is 12.2 Å². The first kappa shape index (κ1) is 13.5. The first-order chi connectivity index (χ1) is 9.22. The van der Waals surface area contributed by atoms with Gasteiger partial charge in [-0.2, -0.15) is 0 Å². The van der Waals surface area contributed by atoms with Crippen LogP contribution in [0.2, 0.25) is 0 Å². The van der Waals surface area contributed by atoms with Crippen LogP contribution in [0.3, 0.4) is 0 Å². The summed E-state index contributed by atoms with van der Waals surface area (Å²) in [4.78, 5) is 10.9. The van der Waals surface area contributed by atoms with Crippen molar-refractivity contribution in [3.05, 3.63) is 23.8 Å². The quantitative estimate of drug-likeness (QED) is 0.800. The minimum Gasteiger partial charge on any atom is -0.497 e. The van der Waals surface area contributed by atoms with E-state index in [1.165, 1.54) is 0 Å². The number of rotatable bonds is 6. The zero-order chi connectivity index (χ0) is 13.7. The fourth-order valence-electron chi connectivity index (χ4n) is 1.91. The molecular weight excluding hydrogens is 248 g/mol. The number of nitrogens with one attached hydrogen (secondary N) is 2. The van der Waals surface area contributed by atoms with Crippen molar-refractivity contribution in [2.24, 2.45) is 0 Å². The standard InChI is InChI=1S/C13H18N2O4/c1-17-10-4-3-9(12(5-10)18-2)6-14-7-11-8-15-13(16)19-11/h3-5,11,14H,6-8H2,1-2H3,(H,15,16)/t11-/m0/s1. The lowest BCUT2D eigenvalue weighted by atomic mass is 10.2. The number of ether oxygens (including phenoxy) is 3. The van der Waals surface area contributed by atoms with E-state index in [1.54, 1.807) is 14.2 Å². The molecule has 1 aliphatic heterocycles. The van der Waals surface area contributed by atoms with Crippen molar-refractivity contribution in [3.63, 3.8) is 0 Å². The van der Waals surface area contributed by atoms with Crippen LogP contribution in [0, 0.1) is 0 Å². The summed E-state index contributed by atoms with van der Waals surface area (Å²) in [5, 5.41) is 5.85. The molecule has 0 spiro atoms. The third-order valence-electron chi connectivity index (χ3n) is 2.93. The fourth-order valence-corrected chi connectivity index (χ4v) is 1.91. The maximum atomic E-state index is 10.9. The zero-order valence-electron chi connectivity index (χ0n) is 11.1. The Hall–Kier alpha value is -1.95. The average Bonchev–Trinajstić information content (AvgIpc) is 2.84. The Morgan fingerprint density at radius 1 is 1.42 bits per heavy atom. The van der Waals surface area contributed by atoms with Crippen molar-refractivity contribution in [2.45, 2.75) is 12.6 Å². The predicted molar refractivity (Wildman–Crippen MR) is 69.5 cm³/mol. The summed E-state index contributed by atoms with van der Waals surface area (Å²) in [6, 6.07) is 5.68. The smallest absolute Gasteiger partial charge is 0.407 e. The molecule has 2 rings (SSSR count). The number of benzene rings is 1. The van der Waals surface area contributed by atoms with Crippen LogP contribution in [0.15, 0.2) is 18.2 Å². The van der Waals surface area contributed by atoms with Crippen LogP contribution in [0.5, 0.6) is 11.5 Å². The summed E-state index contributed by atoms with van der Waals surface area (Å²) >= 11 is 0. The zero-order valence-corrected chi connectivity index (χ0v) is 11.1. The van der Waals surface area contributed by atoms with Crippen molar-refractivity contribution < 1.29 is 19.0 Å². The van der Waals surface area contributed by atoms with Crippen LogP contribution in [-0.2, 0) is 11.3 Å². The van der Waals surface area contributed by atoms with Gasteiger partial charge in [0, 0.05) is 24.7 Å². The molecule has 1 amide bonds. The van der Waals surface area contributed by atoms with Gasteiger partial charge >= 0.3 is 6.09 Å². The van der Waals surface area contributed by atoms with Crippen LogP contribution in [0.25, 0.3) is 0 Å². The molecule has 0 aromatic heterocycles. The molecule has 0 unspecified atom stereocenters. The predicted octanol–water partition coefficient (Wildman–Crippen LogP) is 0.902. The van der Waals surface area contributed by atoms with Crippen molar-refractivity contribution in [1.29, 1.82) is 0 Å². The third kappa shape index (κ3) is 3.51. The van der Waals surface area contributed by atoms with Gasteiger partial charge in [0.15, 0.2) is 0 Å². The average molecular weight is 266 g/mol. The second-order valence-corrected chi connectivity index (χ2v) is 4.22. The molecule has 1 fully saturated rings. The molecule has 6 nitrogen and oxygen atoms in total. The highest BCUT2D eigenvalue weighted by molar-refractivity contribution is 5.69. The Balaban J connectivity index is 1.86. The molecule has 1 aliphatic rings. The summed E-state index contributed by atoms with van der Waals surface area (Å²) in [5.74, 6) is 1.53. The number of hydrogen-bond acceptors (Lipinski definition) is 5. The van der Waals surface area contributed by atoms with Gasteiger partial charge in [-0.15, -0.1) is 0 Å². The number of carbonyl (C=O) groups is 1. The Kier molecular flexibility index (Phi) is 4.46. The number of methoxy groups -OCH3 is 2. The molecule has 1 aromatic carbocycles. The SMILES string of the molecule is COc1ccc(CNC[C@H]2CNC(=O)O2)c(OC)c1. The van der Waals surface area contributed by atoms with E-state index >= 15 is 0 Å². The van der Waals surface area contributed by atoms with E-state index in [2.05, 4.69) is 10.6 Å². The van der Waals surface area contributed by atoms with Crippen molar-refractivity contribution in [2.75, 3.05) is 27.3 Å². The summed E-state index contributed by atoms with van der Waals surface area (Å²) in [5.41, 5.74) is 1.03. The molecule has 0 bridgehead atoms. The van der Waals surface area contributed by atoms with Crippen molar-refractivity contribution in [3.8, 4) is 11.5 Å². The Labute approximate surface area is 112 Å². The fraction of sp³-hybridized carbons (Fsp3) is 0.462. The largest absolute Gasteiger partial charge is 0.497 e. The molecule has 0 radical (unpaired) electrons. The van der Waals surface area contributed by atoms with E-state index in [4.69, 9.17) is 14.2 Å². The van der Waals surface area contributed by atoms with E-state index in [1.807, 2.05) is 18.2 Å². The van der Waals surface area contributed by atoms with Gasteiger partial charge in [-0.25, -0.2) is 4.79 Å². The highest BCUT2D eigenvalue weighted by Crippen LogP contribution is 2.24. The van der Waals surface area contributed by atoms with Crippen LogP contribution in [0.1, 0.15) is 5.56 Å². The summed E-state index contributed by atoms with van der Waals surface area (Å²) in [6.07, 6.45) is -0.467.